The van der Waals surface area contributed by atoms with Gasteiger partial charge in [0.1, 0.15) is 0 Å². The van der Waals surface area contributed by atoms with E-state index in [9.17, 15) is 0 Å². The molecule has 0 N–H and O–H groups in total. The van der Waals surface area contributed by atoms with Crippen LogP contribution in [-0.2, 0) is 0 Å². The van der Waals surface area contributed by atoms with Gasteiger partial charge < -0.3 is 0 Å². The molecular weight excluding hydrogens is 116 g/mol. The summed E-state index contributed by atoms with van der Waals surface area (Å²) in [6.45, 7) is 3.92. The maximum atomic E-state index is 4.36. The van der Waals surface area contributed by atoms with Crippen LogP contribution in [0.5, 0.6) is 0 Å². The predicted molar refractivity (Wildman–Crippen MR) is 40.4 cm³/mol. The second-order valence-electron chi connectivity index (χ2n) is 2.42. The summed E-state index contributed by atoms with van der Waals surface area (Å²) in [5.74, 6) is 0. The molecule has 0 saturated heterocycles. The predicted octanol–water partition coefficient (Wildman–Crippen LogP) is 2.42. The smallest absolute Gasteiger partial charge is 0.0223 e. The van der Waals surface area contributed by atoms with Crippen molar-refractivity contribution in [1.29, 1.82) is 0 Å². The third kappa shape index (κ3) is 1.28. The molecule has 0 amide bonds. The van der Waals surface area contributed by atoms with Crippen LogP contribution in [0.3, 0.4) is 0 Å². The maximum Gasteiger partial charge on any atom is 0.0223 e. The second kappa shape index (κ2) is 2.58. The summed E-state index contributed by atoms with van der Waals surface area (Å²) < 4.78 is 0. The molecule has 0 aromatic heterocycles. The van der Waals surface area contributed by atoms with E-state index in [2.05, 4.69) is 19.2 Å². The lowest BCUT2D eigenvalue weighted by atomic mass is 9.96. The van der Waals surface area contributed by atoms with E-state index in [-0.39, 0.29) is 0 Å². The molecule has 1 saturated carbocycles. The fraction of sp³-hybridized carbons (Fsp3) is 0.714. The minimum Gasteiger partial charge on any atom is -0.171 e. The molecule has 0 radical (unpaired) electrons. The van der Waals surface area contributed by atoms with Crippen molar-refractivity contribution >= 4 is 12.6 Å². The molecule has 46 valence electrons. The van der Waals surface area contributed by atoms with E-state index in [0.717, 1.165) is 0 Å². The Hall–Kier alpha value is 0.0900. The Morgan fingerprint density at radius 2 is 2.25 bits per heavy atom. The molecule has 1 rings (SSSR count). The van der Waals surface area contributed by atoms with Crippen molar-refractivity contribution in [3.8, 4) is 0 Å². The lowest BCUT2D eigenvalue weighted by Gasteiger charge is -2.18. The monoisotopic (exact) mass is 128 g/mol. The van der Waals surface area contributed by atoms with Crippen molar-refractivity contribution < 1.29 is 0 Å². The molecule has 8 heavy (non-hydrogen) atoms. The summed E-state index contributed by atoms with van der Waals surface area (Å²) in [7, 11) is 0. The van der Waals surface area contributed by atoms with Crippen LogP contribution in [0.25, 0.3) is 0 Å². The van der Waals surface area contributed by atoms with E-state index in [0.29, 0.717) is 5.25 Å². The molecule has 0 unspecified atom stereocenters. The Morgan fingerprint density at radius 1 is 1.50 bits per heavy atom. The molecule has 1 aliphatic carbocycles. The lowest BCUT2D eigenvalue weighted by Crippen LogP contribution is -2.07. The second-order valence-corrected chi connectivity index (χ2v) is 3.04. The molecule has 1 heteroatoms. The first-order valence-corrected chi connectivity index (χ1v) is 3.68. The quantitative estimate of drug-likeness (QED) is 0.376. The molecule has 0 bridgehead atoms. The van der Waals surface area contributed by atoms with E-state index in [1.54, 1.807) is 0 Å². The van der Waals surface area contributed by atoms with Gasteiger partial charge in [0.15, 0.2) is 0 Å². The zero-order valence-electron chi connectivity index (χ0n) is 5.06. The number of hydrogen-bond acceptors (Lipinski definition) is 1. The Kier molecular flexibility index (Phi) is 2.01. The van der Waals surface area contributed by atoms with E-state index in [4.69, 9.17) is 0 Å². The van der Waals surface area contributed by atoms with Crippen molar-refractivity contribution in [3.05, 3.63) is 12.2 Å². The first kappa shape index (κ1) is 6.21. The lowest BCUT2D eigenvalue weighted by molar-refractivity contribution is 0.613. The van der Waals surface area contributed by atoms with Crippen LogP contribution in [-0.4, -0.2) is 5.25 Å². The Morgan fingerprint density at radius 3 is 2.62 bits per heavy atom. The molecule has 1 atom stereocenters. The van der Waals surface area contributed by atoms with Gasteiger partial charge in [0.25, 0.3) is 0 Å². The standard InChI is InChI=1S/C7H12S/c1-6-4-2-3-5-7(6)8/h7-8H,1-5H2/t7-/m0/s1. The van der Waals surface area contributed by atoms with Gasteiger partial charge in [0.05, 0.1) is 0 Å². The summed E-state index contributed by atoms with van der Waals surface area (Å²) in [6, 6.07) is 0. The van der Waals surface area contributed by atoms with Crippen LogP contribution in [0.4, 0.5) is 0 Å². The van der Waals surface area contributed by atoms with Gasteiger partial charge in [-0.3, -0.25) is 0 Å². The fourth-order valence-corrected chi connectivity index (χ4v) is 1.37. The minimum absolute atomic E-state index is 0.503. The van der Waals surface area contributed by atoms with Crippen molar-refractivity contribution in [3.63, 3.8) is 0 Å². The fourth-order valence-electron chi connectivity index (χ4n) is 1.06. The van der Waals surface area contributed by atoms with Crippen molar-refractivity contribution in [2.24, 2.45) is 0 Å². The van der Waals surface area contributed by atoms with Crippen LogP contribution < -0.4 is 0 Å². The summed E-state index contributed by atoms with van der Waals surface area (Å²) in [4.78, 5) is 0. The van der Waals surface area contributed by atoms with E-state index < -0.39 is 0 Å². The van der Waals surface area contributed by atoms with Gasteiger partial charge >= 0.3 is 0 Å². The Bertz CT molecular complexity index is 96.6. The van der Waals surface area contributed by atoms with Gasteiger partial charge in [-0.1, -0.05) is 18.6 Å². The van der Waals surface area contributed by atoms with Gasteiger partial charge in [-0.2, -0.15) is 12.6 Å². The van der Waals surface area contributed by atoms with Crippen LogP contribution in [0.1, 0.15) is 25.7 Å². The normalized spacial score (nSPS) is 30.6. The highest BCUT2D eigenvalue weighted by Gasteiger charge is 2.11. The van der Waals surface area contributed by atoms with Gasteiger partial charge in [0, 0.05) is 5.25 Å². The van der Waals surface area contributed by atoms with Crippen molar-refractivity contribution in [2.75, 3.05) is 0 Å². The largest absolute Gasteiger partial charge is 0.171 e. The van der Waals surface area contributed by atoms with Crippen LogP contribution in [0, 0.1) is 0 Å². The first-order chi connectivity index (χ1) is 3.80. The van der Waals surface area contributed by atoms with Gasteiger partial charge in [-0.05, 0) is 19.3 Å². The van der Waals surface area contributed by atoms with Crippen molar-refractivity contribution in [2.45, 2.75) is 30.9 Å². The van der Waals surface area contributed by atoms with E-state index in [1.807, 2.05) is 0 Å². The zero-order valence-corrected chi connectivity index (χ0v) is 5.95. The SMILES string of the molecule is C=C1CCCC[C@@H]1S. The van der Waals surface area contributed by atoms with Gasteiger partial charge in [-0.25, -0.2) is 0 Å². The van der Waals surface area contributed by atoms with Crippen molar-refractivity contribution in [1.82, 2.24) is 0 Å². The van der Waals surface area contributed by atoms with Gasteiger partial charge in [-0.15, -0.1) is 0 Å². The molecule has 0 heterocycles. The molecule has 0 aromatic carbocycles. The highest BCUT2D eigenvalue weighted by Crippen LogP contribution is 2.25. The first-order valence-electron chi connectivity index (χ1n) is 3.16. The highest BCUT2D eigenvalue weighted by molar-refractivity contribution is 7.81. The number of thiol groups is 1. The third-order valence-corrected chi connectivity index (χ3v) is 2.32. The van der Waals surface area contributed by atoms with Gasteiger partial charge in [0.2, 0.25) is 0 Å². The number of hydrogen-bond donors (Lipinski definition) is 1. The average molecular weight is 128 g/mol. The number of rotatable bonds is 0. The molecular formula is C7H12S. The highest BCUT2D eigenvalue weighted by atomic mass is 32.1. The molecule has 0 nitrogen and oxygen atoms in total. The Labute approximate surface area is 56.4 Å². The third-order valence-electron chi connectivity index (χ3n) is 1.70. The Balaban J connectivity index is 2.39. The maximum absolute atomic E-state index is 4.36. The summed E-state index contributed by atoms with van der Waals surface area (Å²) in [6.07, 6.45) is 5.11. The molecule has 0 spiro atoms. The van der Waals surface area contributed by atoms with Crippen LogP contribution >= 0.6 is 12.6 Å². The zero-order chi connectivity index (χ0) is 5.98. The average Bonchev–Trinajstić information content (AvgIpc) is 1.77. The molecule has 0 aromatic rings. The molecule has 0 aliphatic heterocycles. The molecule has 1 fully saturated rings. The topological polar surface area (TPSA) is 0 Å². The summed E-state index contributed by atoms with van der Waals surface area (Å²) in [5.41, 5.74) is 1.33. The van der Waals surface area contributed by atoms with Crippen LogP contribution in [0.2, 0.25) is 0 Å². The summed E-state index contributed by atoms with van der Waals surface area (Å²) >= 11 is 4.36. The van der Waals surface area contributed by atoms with E-state index in [1.165, 1.54) is 31.3 Å². The summed E-state index contributed by atoms with van der Waals surface area (Å²) in [5, 5.41) is 0.503. The molecule has 1 aliphatic rings. The minimum atomic E-state index is 0.503. The van der Waals surface area contributed by atoms with Crippen LogP contribution in [0.15, 0.2) is 12.2 Å². The van der Waals surface area contributed by atoms with E-state index >= 15 is 0 Å².